The Hall–Kier alpha value is -2.90. The van der Waals surface area contributed by atoms with E-state index in [4.69, 9.17) is 0 Å². The van der Waals surface area contributed by atoms with Gasteiger partial charge in [-0.25, -0.2) is 4.98 Å². The Morgan fingerprint density at radius 2 is 2.13 bits per heavy atom. The van der Waals surface area contributed by atoms with E-state index in [2.05, 4.69) is 15.6 Å². The molecule has 0 radical (unpaired) electrons. The van der Waals surface area contributed by atoms with Crippen LogP contribution < -0.4 is 10.6 Å². The highest BCUT2D eigenvalue weighted by atomic mass is 16.6. The van der Waals surface area contributed by atoms with Crippen LogP contribution >= 0.6 is 0 Å². The molecule has 0 atom stereocenters. The summed E-state index contributed by atoms with van der Waals surface area (Å²) < 4.78 is 1.95. The topological polar surface area (TPSA) is 102 Å². The first-order valence-electron chi connectivity index (χ1n) is 7.36. The van der Waals surface area contributed by atoms with Crippen LogP contribution in [0.1, 0.15) is 12.8 Å². The number of nitrogens with one attached hydrogen (secondary N) is 2. The van der Waals surface area contributed by atoms with Crippen molar-refractivity contribution in [2.75, 3.05) is 18.4 Å². The first kappa shape index (κ1) is 16.5. The Kier molecular flexibility index (Phi) is 6.10. The second kappa shape index (κ2) is 8.52. The van der Waals surface area contributed by atoms with E-state index in [9.17, 15) is 14.9 Å². The number of rotatable bonds is 9. The minimum absolute atomic E-state index is 0.00763. The number of nitrogens with zero attached hydrogens (tertiary/aromatic N) is 3. The molecule has 2 N–H and O–H groups in total. The molecule has 1 heterocycles. The summed E-state index contributed by atoms with van der Waals surface area (Å²) in [7, 11) is 0. The van der Waals surface area contributed by atoms with Crippen LogP contribution in [0.15, 0.2) is 43.0 Å². The molecule has 0 spiro atoms. The molecule has 1 aromatic carbocycles. The Morgan fingerprint density at radius 1 is 1.30 bits per heavy atom. The van der Waals surface area contributed by atoms with Gasteiger partial charge in [0.15, 0.2) is 0 Å². The number of anilines is 1. The average Bonchev–Trinajstić information content (AvgIpc) is 3.05. The van der Waals surface area contributed by atoms with Gasteiger partial charge in [0.1, 0.15) is 5.69 Å². The molecule has 0 aliphatic carbocycles. The molecule has 0 aliphatic rings. The lowest BCUT2D eigenvalue weighted by Gasteiger charge is -2.08. The van der Waals surface area contributed by atoms with Crippen molar-refractivity contribution in [3.8, 4) is 0 Å². The first-order chi connectivity index (χ1) is 11.2. The maximum Gasteiger partial charge on any atom is 0.292 e. The molecule has 8 heteroatoms. The lowest BCUT2D eigenvalue weighted by atomic mass is 10.2. The Balaban J connectivity index is 1.64. The van der Waals surface area contributed by atoms with Crippen molar-refractivity contribution in [2.24, 2.45) is 0 Å². The van der Waals surface area contributed by atoms with Crippen LogP contribution in [-0.4, -0.2) is 33.5 Å². The van der Waals surface area contributed by atoms with E-state index in [1.807, 2.05) is 10.8 Å². The molecular formula is C15H19N5O3. The minimum atomic E-state index is -0.446. The second-order valence-corrected chi connectivity index (χ2v) is 4.96. The van der Waals surface area contributed by atoms with E-state index < -0.39 is 4.92 Å². The zero-order valence-corrected chi connectivity index (χ0v) is 12.6. The highest BCUT2D eigenvalue weighted by Gasteiger charge is 2.11. The van der Waals surface area contributed by atoms with Crippen LogP contribution in [0, 0.1) is 10.1 Å². The fourth-order valence-electron chi connectivity index (χ4n) is 2.09. The van der Waals surface area contributed by atoms with Gasteiger partial charge in [-0.3, -0.25) is 14.9 Å². The van der Waals surface area contributed by atoms with Crippen LogP contribution in [0.25, 0.3) is 0 Å². The van der Waals surface area contributed by atoms with Gasteiger partial charge in [-0.1, -0.05) is 12.1 Å². The van der Waals surface area contributed by atoms with Gasteiger partial charge >= 0.3 is 0 Å². The third-order valence-electron chi connectivity index (χ3n) is 3.24. The second-order valence-electron chi connectivity index (χ2n) is 4.96. The molecule has 0 aliphatic heterocycles. The van der Waals surface area contributed by atoms with E-state index in [0.717, 1.165) is 13.0 Å². The number of amides is 1. The third-order valence-corrected chi connectivity index (χ3v) is 3.24. The predicted octanol–water partition coefficient (Wildman–Crippen LogP) is 1.80. The van der Waals surface area contributed by atoms with Gasteiger partial charge in [0.05, 0.1) is 11.3 Å². The van der Waals surface area contributed by atoms with Crippen molar-refractivity contribution >= 4 is 17.3 Å². The van der Waals surface area contributed by atoms with Crippen molar-refractivity contribution in [2.45, 2.75) is 19.4 Å². The number of benzene rings is 1. The molecule has 23 heavy (non-hydrogen) atoms. The van der Waals surface area contributed by atoms with E-state index in [1.165, 1.54) is 6.07 Å². The van der Waals surface area contributed by atoms with Gasteiger partial charge in [-0.05, 0) is 12.5 Å². The third kappa shape index (κ3) is 5.42. The van der Waals surface area contributed by atoms with E-state index in [1.54, 1.807) is 30.7 Å². The van der Waals surface area contributed by atoms with Crippen molar-refractivity contribution in [1.82, 2.24) is 14.9 Å². The zero-order chi connectivity index (χ0) is 16.5. The van der Waals surface area contributed by atoms with Crippen LogP contribution in [0.3, 0.4) is 0 Å². The number of carbonyl (C=O) groups is 1. The van der Waals surface area contributed by atoms with Crippen molar-refractivity contribution < 1.29 is 9.72 Å². The van der Waals surface area contributed by atoms with E-state index in [-0.39, 0.29) is 18.0 Å². The lowest BCUT2D eigenvalue weighted by molar-refractivity contribution is -0.384. The summed E-state index contributed by atoms with van der Waals surface area (Å²) >= 11 is 0. The number of aryl methyl sites for hydroxylation is 1. The zero-order valence-electron chi connectivity index (χ0n) is 12.6. The van der Waals surface area contributed by atoms with Gasteiger partial charge < -0.3 is 15.2 Å². The highest BCUT2D eigenvalue weighted by Crippen LogP contribution is 2.22. The Bertz CT molecular complexity index is 642. The lowest BCUT2D eigenvalue weighted by Crippen LogP contribution is -2.27. The van der Waals surface area contributed by atoms with Crippen molar-refractivity contribution in [3.63, 3.8) is 0 Å². The molecule has 2 aromatic rings. The summed E-state index contributed by atoms with van der Waals surface area (Å²) in [5.41, 5.74) is 0.429. The standard InChI is InChI=1S/C15H19N5O3/c21-15(18-7-3-10-19-11-9-16-12-19)6-8-17-13-4-1-2-5-14(13)20(22)23/h1-2,4-5,9,11-12,17H,3,6-8,10H2,(H,18,21). The minimum Gasteiger partial charge on any atom is -0.379 e. The molecular weight excluding hydrogens is 298 g/mol. The number of nitro benzene ring substituents is 1. The van der Waals surface area contributed by atoms with Crippen LogP contribution in [0.2, 0.25) is 0 Å². The number of imidazole rings is 1. The molecule has 2 rings (SSSR count). The predicted molar refractivity (Wildman–Crippen MR) is 86.1 cm³/mol. The molecule has 0 fully saturated rings. The van der Waals surface area contributed by atoms with Crippen molar-refractivity contribution in [1.29, 1.82) is 0 Å². The molecule has 0 saturated carbocycles. The highest BCUT2D eigenvalue weighted by molar-refractivity contribution is 5.76. The summed E-state index contributed by atoms with van der Waals surface area (Å²) in [5, 5.41) is 16.6. The average molecular weight is 317 g/mol. The van der Waals surface area contributed by atoms with Gasteiger partial charge in [-0.15, -0.1) is 0 Å². The fraction of sp³-hybridized carbons (Fsp3) is 0.333. The van der Waals surface area contributed by atoms with Gasteiger partial charge in [-0.2, -0.15) is 0 Å². The summed E-state index contributed by atoms with van der Waals surface area (Å²) in [6, 6.07) is 6.38. The number of nitro groups is 1. The summed E-state index contributed by atoms with van der Waals surface area (Å²) in [6.45, 7) is 1.73. The maximum atomic E-state index is 11.7. The Labute approximate surface area is 133 Å². The molecule has 8 nitrogen and oxygen atoms in total. The SMILES string of the molecule is O=C(CCNc1ccccc1[N+](=O)[O-])NCCCn1ccnc1. The number of carbonyl (C=O) groups excluding carboxylic acids is 1. The summed E-state index contributed by atoms with van der Waals surface area (Å²) in [6.07, 6.45) is 6.40. The van der Waals surface area contributed by atoms with Gasteiger partial charge in [0.25, 0.3) is 5.69 Å². The maximum absolute atomic E-state index is 11.7. The molecule has 0 saturated heterocycles. The van der Waals surface area contributed by atoms with E-state index >= 15 is 0 Å². The summed E-state index contributed by atoms with van der Waals surface area (Å²) in [4.78, 5) is 26.1. The van der Waals surface area contributed by atoms with Crippen molar-refractivity contribution in [3.05, 3.63) is 53.1 Å². The summed E-state index contributed by atoms with van der Waals surface area (Å²) in [5.74, 6) is -0.0817. The molecule has 122 valence electrons. The number of hydrogen-bond donors (Lipinski definition) is 2. The monoisotopic (exact) mass is 317 g/mol. The molecule has 0 bridgehead atoms. The van der Waals surface area contributed by atoms with Crippen LogP contribution in [0.4, 0.5) is 11.4 Å². The largest absolute Gasteiger partial charge is 0.379 e. The van der Waals surface area contributed by atoms with Gasteiger partial charge in [0.2, 0.25) is 5.91 Å². The fourth-order valence-corrected chi connectivity index (χ4v) is 2.09. The number of para-hydroxylation sites is 2. The Morgan fingerprint density at radius 3 is 2.87 bits per heavy atom. The quantitative estimate of drug-likeness (QED) is 0.417. The molecule has 1 aromatic heterocycles. The smallest absolute Gasteiger partial charge is 0.292 e. The first-order valence-corrected chi connectivity index (χ1v) is 7.36. The van der Waals surface area contributed by atoms with Gasteiger partial charge in [0, 0.05) is 44.5 Å². The molecule has 1 amide bonds. The van der Waals surface area contributed by atoms with Crippen LogP contribution in [0.5, 0.6) is 0 Å². The molecule has 0 unspecified atom stereocenters. The normalized spacial score (nSPS) is 10.3. The number of aromatic nitrogens is 2. The number of hydrogen-bond acceptors (Lipinski definition) is 5. The van der Waals surface area contributed by atoms with E-state index in [0.29, 0.717) is 18.8 Å². The van der Waals surface area contributed by atoms with Crippen LogP contribution in [-0.2, 0) is 11.3 Å².